The Morgan fingerprint density at radius 3 is 2.86 bits per heavy atom. The Labute approximate surface area is 123 Å². The van der Waals surface area contributed by atoms with Crippen molar-refractivity contribution in [2.75, 3.05) is 11.4 Å². The van der Waals surface area contributed by atoms with Crippen LogP contribution in [0.3, 0.4) is 0 Å². The molecule has 3 rings (SSSR count). The number of benzene rings is 1. The van der Waals surface area contributed by atoms with Gasteiger partial charge in [0.05, 0.1) is 0 Å². The fraction of sp³-hybridized carbons (Fsp3) is 0.312. The van der Waals surface area contributed by atoms with Gasteiger partial charge in [0.25, 0.3) is 0 Å². The average Bonchev–Trinajstić information content (AvgIpc) is 2.98. The van der Waals surface area contributed by atoms with Gasteiger partial charge in [-0.3, -0.25) is 0 Å². The molecule has 1 aliphatic rings. The van der Waals surface area contributed by atoms with Crippen LogP contribution in [-0.2, 0) is 11.2 Å². The van der Waals surface area contributed by atoms with Gasteiger partial charge in [-0.25, -0.2) is 14.8 Å². The van der Waals surface area contributed by atoms with E-state index in [0.717, 1.165) is 24.4 Å². The number of aromatic nitrogens is 2. The standard InChI is InChI=1S/C16H17N3O2/c20-16(21)13-7-4-10-19(13)15-8-9-17-14(18-15)11-12-5-2-1-3-6-12/h1-3,5-6,8-9,13H,4,7,10-11H2,(H,20,21)/t13-/m0/s1. The molecule has 1 atom stereocenters. The Bertz CT molecular complexity index is 630. The molecule has 5 nitrogen and oxygen atoms in total. The third kappa shape index (κ3) is 3.02. The van der Waals surface area contributed by atoms with Gasteiger partial charge in [-0.1, -0.05) is 30.3 Å². The first kappa shape index (κ1) is 13.5. The lowest BCUT2D eigenvalue weighted by atomic mass is 10.1. The highest BCUT2D eigenvalue weighted by atomic mass is 16.4. The van der Waals surface area contributed by atoms with Gasteiger partial charge in [0.1, 0.15) is 17.7 Å². The highest BCUT2D eigenvalue weighted by Crippen LogP contribution is 2.24. The van der Waals surface area contributed by atoms with E-state index in [0.29, 0.717) is 18.7 Å². The maximum absolute atomic E-state index is 11.3. The molecule has 0 amide bonds. The first-order valence-electron chi connectivity index (χ1n) is 7.09. The largest absolute Gasteiger partial charge is 0.480 e. The lowest BCUT2D eigenvalue weighted by Gasteiger charge is -2.22. The number of nitrogens with zero attached hydrogens (tertiary/aromatic N) is 3. The smallest absolute Gasteiger partial charge is 0.326 e. The summed E-state index contributed by atoms with van der Waals surface area (Å²) >= 11 is 0. The van der Waals surface area contributed by atoms with Crippen LogP contribution in [0.5, 0.6) is 0 Å². The van der Waals surface area contributed by atoms with Crippen LogP contribution < -0.4 is 4.90 Å². The predicted molar refractivity (Wildman–Crippen MR) is 79.3 cm³/mol. The van der Waals surface area contributed by atoms with Gasteiger partial charge in [0.15, 0.2) is 0 Å². The summed E-state index contributed by atoms with van der Waals surface area (Å²) in [6.45, 7) is 0.735. The number of anilines is 1. The second-order valence-corrected chi connectivity index (χ2v) is 5.18. The molecule has 108 valence electrons. The van der Waals surface area contributed by atoms with Crippen LogP contribution in [-0.4, -0.2) is 33.6 Å². The first-order chi connectivity index (χ1) is 10.2. The number of carbonyl (C=O) groups is 1. The fourth-order valence-electron chi connectivity index (χ4n) is 2.71. The van der Waals surface area contributed by atoms with E-state index in [2.05, 4.69) is 9.97 Å². The van der Waals surface area contributed by atoms with Crippen molar-refractivity contribution in [2.24, 2.45) is 0 Å². The minimum absolute atomic E-state index is 0.468. The average molecular weight is 283 g/mol. The molecule has 0 radical (unpaired) electrons. The molecule has 2 heterocycles. The highest BCUT2D eigenvalue weighted by molar-refractivity contribution is 5.78. The Kier molecular flexibility index (Phi) is 3.81. The van der Waals surface area contributed by atoms with Crippen LogP contribution in [0.25, 0.3) is 0 Å². The fourth-order valence-corrected chi connectivity index (χ4v) is 2.71. The van der Waals surface area contributed by atoms with Crippen LogP contribution in [0, 0.1) is 0 Å². The van der Waals surface area contributed by atoms with Crippen molar-refractivity contribution in [3.8, 4) is 0 Å². The lowest BCUT2D eigenvalue weighted by Crippen LogP contribution is -2.36. The van der Waals surface area contributed by atoms with E-state index in [1.807, 2.05) is 35.2 Å². The van der Waals surface area contributed by atoms with E-state index >= 15 is 0 Å². The van der Waals surface area contributed by atoms with Crippen molar-refractivity contribution < 1.29 is 9.90 Å². The van der Waals surface area contributed by atoms with Gasteiger partial charge in [-0.05, 0) is 24.5 Å². The molecule has 5 heteroatoms. The number of aliphatic carboxylic acids is 1. The summed E-state index contributed by atoms with van der Waals surface area (Å²) in [5.74, 6) is 0.645. The van der Waals surface area contributed by atoms with E-state index in [9.17, 15) is 9.90 Å². The second-order valence-electron chi connectivity index (χ2n) is 5.18. The molecule has 1 aromatic carbocycles. The molecule has 0 bridgehead atoms. The van der Waals surface area contributed by atoms with Gasteiger partial charge in [-0.15, -0.1) is 0 Å². The van der Waals surface area contributed by atoms with E-state index in [4.69, 9.17) is 0 Å². The molecule has 0 aliphatic carbocycles. The molecule has 1 fully saturated rings. The molecular weight excluding hydrogens is 266 g/mol. The molecule has 0 spiro atoms. The number of rotatable bonds is 4. The van der Waals surface area contributed by atoms with E-state index in [-0.39, 0.29) is 0 Å². The molecule has 21 heavy (non-hydrogen) atoms. The van der Waals surface area contributed by atoms with Crippen molar-refractivity contribution >= 4 is 11.8 Å². The molecule has 1 aromatic heterocycles. The van der Waals surface area contributed by atoms with Crippen molar-refractivity contribution in [1.82, 2.24) is 9.97 Å². The van der Waals surface area contributed by atoms with Crippen molar-refractivity contribution in [1.29, 1.82) is 0 Å². The van der Waals surface area contributed by atoms with E-state index in [1.165, 1.54) is 0 Å². The minimum Gasteiger partial charge on any atom is -0.480 e. The maximum Gasteiger partial charge on any atom is 0.326 e. The van der Waals surface area contributed by atoms with E-state index in [1.54, 1.807) is 12.3 Å². The third-order valence-electron chi connectivity index (χ3n) is 3.73. The Balaban J connectivity index is 1.81. The number of carboxylic acid groups (broad SMARTS) is 1. The molecule has 0 saturated carbocycles. The summed E-state index contributed by atoms with van der Waals surface area (Å²) in [5.41, 5.74) is 1.14. The molecule has 2 aromatic rings. The van der Waals surface area contributed by atoms with Gasteiger partial charge in [-0.2, -0.15) is 0 Å². The number of carboxylic acids is 1. The molecule has 1 N–H and O–H groups in total. The summed E-state index contributed by atoms with van der Waals surface area (Å²) in [6, 6.07) is 11.3. The van der Waals surface area contributed by atoms with Crippen LogP contribution in [0.15, 0.2) is 42.6 Å². The zero-order chi connectivity index (χ0) is 14.7. The summed E-state index contributed by atoms with van der Waals surface area (Å²) in [5, 5.41) is 9.26. The monoisotopic (exact) mass is 283 g/mol. The minimum atomic E-state index is -0.782. The zero-order valence-corrected chi connectivity index (χ0v) is 11.6. The van der Waals surface area contributed by atoms with Gasteiger partial charge < -0.3 is 10.0 Å². The van der Waals surface area contributed by atoms with Gasteiger partial charge in [0, 0.05) is 19.2 Å². The first-order valence-corrected chi connectivity index (χ1v) is 7.09. The normalized spacial score (nSPS) is 17.9. The molecule has 1 saturated heterocycles. The predicted octanol–water partition coefficient (Wildman–Crippen LogP) is 2.12. The zero-order valence-electron chi connectivity index (χ0n) is 11.6. The number of hydrogen-bond acceptors (Lipinski definition) is 4. The van der Waals surface area contributed by atoms with Crippen LogP contribution in [0.1, 0.15) is 24.2 Å². The molecular formula is C16H17N3O2. The van der Waals surface area contributed by atoms with E-state index < -0.39 is 12.0 Å². The maximum atomic E-state index is 11.3. The van der Waals surface area contributed by atoms with Crippen LogP contribution in [0.4, 0.5) is 5.82 Å². The lowest BCUT2D eigenvalue weighted by molar-refractivity contribution is -0.138. The summed E-state index contributed by atoms with van der Waals surface area (Å²) < 4.78 is 0. The highest BCUT2D eigenvalue weighted by Gasteiger charge is 2.31. The quantitative estimate of drug-likeness (QED) is 0.931. The summed E-state index contributed by atoms with van der Waals surface area (Å²) in [6.07, 6.45) is 3.92. The van der Waals surface area contributed by atoms with Gasteiger partial charge >= 0.3 is 5.97 Å². The van der Waals surface area contributed by atoms with Gasteiger partial charge in [0.2, 0.25) is 0 Å². The van der Waals surface area contributed by atoms with Crippen molar-refractivity contribution in [3.05, 3.63) is 54.0 Å². The topological polar surface area (TPSA) is 66.3 Å². The molecule has 0 unspecified atom stereocenters. The van der Waals surface area contributed by atoms with Crippen molar-refractivity contribution in [3.63, 3.8) is 0 Å². The Hall–Kier alpha value is -2.43. The summed E-state index contributed by atoms with van der Waals surface area (Å²) in [4.78, 5) is 22.0. The van der Waals surface area contributed by atoms with Crippen LogP contribution >= 0.6 is 0 Å². The third-order valence-corrected chi connectivity index (χ3v) is 3.73. The summed E-state index contributed by atoms with van der Waals surface area (Å²) in [7, 11) is 0. The van der Waals surface area contributed by atoms with Crippen molar-refractivity contribution in [2.45, 2.75) is 25.3 Å². The van der Waals surface area contributed by atoms with Crippen LogP contribution in [0.2, 0.25) is 0 Å². The number of hydrogen-bond donors (Lipinski definition) is 1. The molecule has 1 aliphatic heterocycles. The Morgan fingerprint density at radius 1 is 1.29 bits per heavy atom. The Morgan fingerprint density at radius 2 is 2.10 bits per heavy atom. The second kappa shape index (κ2) is 5.91. The SMILES string of the molecule is O=C(O)[C@@H]1CCCN1c1ccnc(Cc2ccccc2)n1.